The van der Waals surface area contributed by atoms with Gasteiger partial charge in [-0.3, -0.25) is 9.69 Å². The molecule has 1 atom stereocenters. The Hall–Kier alpha value is -4.41. The largest absolute Gasteiger partial charge is 0.461 e. The molecule has 0 aliphatic carbocycles. The Bertz CT molecular complexity index is 1390. The number of carbonyl (C=O) groups excluding carboxylic acids is 3. The van der Waals surface area contributed by atoms with Crippen molar-refractivity contribution in [2.24, 2.45) is 0 Å². The summed E-state index contributed by atoms with van der Waals surface area (Å²) >= 11 is 0. The number of aromatic nitrogens is 3. The third-order valence-corrected chi connectivity index (χ3v) is 6.35. The highest BCUT2D eigenvalue weighted by atomic mass is 16.6. The van der Waals surface area contributed by atoms with Crippen LogP contribution in [-0.4, -0.2) is 63.3 Å². The van der Waals surface area contributed by atoms with Gasteiger partial charge in [0.15, 0.2) is 11.5 Å². The van der Waals surface area contributed by atoms with Crippen LogP contribution in [-0.2, 0) is 9.47 Å². The van der Waals surface area contributed by atoms with E-state index in [4.69, 9.17) is 14.5 Å². The Morgan fingerprint density at radius 1 is 1.12 bits per heavy atom. The van der Waals surface area contributed by atoms with Crippen molar-refractivity contribution in [3.05, 3.63) is 65.2 Å². The van der Waals surface area contributed by atoms with Crippen molar-refractivity contribution < 1.29 is 23.9 Å². The highest BCUT2D eigenvalue weighted by Crippen LogP contribution is 2.36. The van der Waals surface area contributed by atoms with E-state index < -0.39 is 23.7 Å². The molecule has 1 fully saturated rings. The van der Waals surface area contributed by atoms with Gasteiger partial charge < -0.3 is 20.2 Å². The second-order valence-corrected chi connectivity index (χ2v) is 10.5. The van der Waals surface area contributed by atoms with Crippen LogP contribution in [0, 0.1) is 6.92 Å². The van der Waals surface area contributed by atoms with Crippen LogP contribution in [0.3, 0.4) is 0 Å². The Balaban J connectivity index is 1.69. The molecular formula is C29H36N6O5. The molecule has 0 spiro atoms. The van der Waals surface area contributed by atoms with E-state index in [9.17, 15) is 14.4 Å². The second kappa shape index (κ2) is 11.8. The van der Waals surface area contributed by atoms with Crippen molar-refractivity contribution in [2.45, 2.75) is 59.1 Å². The Morgan fingerprint density at radius 3 is 2.48 bits per heavy atom. The number of benzene rings is 1. The Labute approximate surface area is 233 Å². The number of carbonyl (C=O) groups is 3. The molecule has 3 heterocycles. The van der Waals surface area contributed by atoms with E-state index in [1.807, 2.05) is 33.8 Å². The second-order valence-electron chi connectivity index (χ2n) is 10.5. The summed E-state index contributed by atoms with van der Waals surface area (Å²) in [6.45, 7) is 9.82. The van der Waals surface area contributed by atoms with E-state index in [-0.39, 0.29) is 18.2 Å². The van der Waals surface area contributed by atoms with E-state index in [1.165, 1.54) is 0 Å². The first-order valence-electron chi connectivity index (χ1n) is 13.3. The van der Waals surface area contributed by atoms with Crippen LogP contribution in [0.4, 0.5) is 10.6 Å². The average molecular weight is 549 g/mol. The molecule has 1 aromatic carbocycles. The molecule has 1 aliphatic heterocycles. The van der Waals surface area contributed by atoms with Gasteiger partial charge in [-0.05, 0) is 77.3 Å². The van der Waals surface area contributed by atoms with Crippen molar-refractivity contribution >= 4 is 23.8 Å². The normalized spacial score (nSPS) is 15.1. The average Bonchev–Trinajstić information content (AvgIpc) is 3.53. The Morgan fingerprint density at radius 2 is 1.85 bits per heavy atom. The van der Waals surface area contributed by atoms with Crippen LogP contribution in [0.5, 0.6) is 0 Å². The molecule has 4 rings (SSSR count). The van der Waals surface area contributed by atoms with Gasteiger partial charge in [-0.2, -0.15) is 0 Å². The summed E-state index contributed by atoms with van der Waals surface area (Å²) in [7, 11) is 1.68. The highest BCUT2D eigenvalue weighted by Gasteiger charge is 2.38. The summed E-state index contributed by atoms with van der Waals surface area (Å²) in [6.07, 6.45) is 2.63. The molecule has 1 aliphatic rings. The zero-order chi connectivity index (χ0) is 29.0. The first-order valence-corrected chi connectivity index (χ1v) is 13.3. The fourth-order valence-corrected chi connectivity index (χ4v) is 4.62. The maximum atomic E-state index is 13.2. The molecule has 2 amide bonds. The van der Waals surface area contributed by atoms with E-state index in [0.717, 1.165) is 12.0 Å². The van der Waals surface area contributed by atoms with Crippen LogP contribution in [0.25, 0.3) is 11.3 Å². The number of nitrogens with zero attached hydrogens (tertiary/aromatic N) is 4. The number of pyridine rings is 1. The maximum Gasteiger partial charge on any atom is 0.410 e. The summed E-state index contributed by atoms with van der Waals surface area (Å²) in [4.78, 5) is 49.6. The molecule has 0 saturated carbocycles. The smallest absolute Gasteiger partial charge is 0.410 e. The van der Waals surface area contributed by atoms with Gasteiger partial charge >= 0.3 is 12.1 Å². The number of esters is 1. The van der Waals surface area contributed by atoms with Gasteiger partial charge in [0.05, 0.1) is 12.6 Å². The number of amides is 2. The summed E-state index contributed by atoms with van der Waals surface area (Å²) in [5.41, 5.74) is 5.00. The quantitative estimate of drug-likeness (QED) is 0.398. The first-order chi connectivity index (χ1) is 19.0. The molecule has 0 unspecified atom stereocenters. The molecule has 11 heteroatoms. The maximum absolute atomic E-state index is 13.2. The van der Waals surface area contributed by atoms with Gasteiger partial charge in [0.2, 0.25) is 0 Å². The van der Waals surface area contributed by atoms with Crippen molar-refractivity contribution in [3.8, 4) is 11.3 Å². The number of rotatable bonds is 7. The molecule has 2 N–H and O–H groups in total. The zero-order valence-electron chi connectivity index (χ0n) is 23.8. The molecule has 11 nitrogen and oxygen atoms in total. The monoisotopic (exact) mass is 548 g/mol. The lowest BCUT2D eigenvalue weighted by Gasteiger charge is -2.28. The minimum absolute atomic E-state index is 0.183. The fourth-order valence-electron chi connectivity index (χ4n) is 4.62. The number of hydrogen-bond donors (Lipinski definition) is 2. The molecular weight excluding hydrogens is 512 g/mol. The lowest BCUT2D eigenvalue weighted by molar-refractivity contribution is 0.0216. The van der Waals surface area contributed by atoms with Crippen molar-refractivity contribution in [3.63, 3.8) is 0 Å². The van der Waals surface area contributed by atoms with Gasteiger partial charge in [0, 0.05) is 30.9 Å². The number of ether oxygens (including phenoxy) is 2. The third kappa shape index (κ3) is 6.24. The molecule has 0 bridgehead atoms. The third-order valence-electron chi connectivity index (χ3n) is 6.35. The predicted octanol–water partition coefficient (Wildman–Crippen LogP) is 4.93. The van der Waals surface area contributed by atoms with Crippen molar-refractivity contribution in [1.29, 1.82) is 0 Å². The summed E-state index contributed by atoms with van der Waals surface area (Å²) in [5, 5.41) is 2.79. The standard InChI is InChI=1S/C29H36N6O5/c1-7-39-27(37)24-23(19-10-12-20(13-11-19)26(36)32-22-17-18(2)14-15-31-22)33-25(35(24)30-6)21-9-8-16-34(21)28(38)40-29(3,4)5/h10-15,17,21,30H,7-9,16H2,1-6H3,(H,31,32,36)/t21-/m0/s1. The molecule has 0 radical (unpaired) electrons. The van der Waals surface area contributed by atoms with Crippen LogP contribution in [0.1, 0.15) is 78.8 Å². The molecule has 40 heavy (non-hydrogen) atoms. The van der Waals surface area contributed by atoms with Crippen LogP contribution in [0.2, 0.25) is 0 Å². The van der Waals surface area contributed by atoms with Gasteiger partial charge in [0.25, 0.3) is 5.91 Å². The highest BCUT2D eigenvalue weighted by molar-refractivity contribution is 6.04. The predicted molar refractivity (Wildman–Crippen MR) is 151 cm³/mol. The SMILES string of the molecule is CCOC(=O)c1c(-c2ccc(C(=O)Nc3cc(C)ccn3)cc2)nc([C@@H]2CCCN2C(=O)OC(C)(C)C)n1NC. The van der Waals surface area contributed by atoms with Gasteiger partial charge in [-0.1, -0.05) is 12.1 Å². The molecule has 212 valence electrons. The van der Waals surface area contributed by atoms with Crippen molar-refractivity contribution in [1.82, 2.24) is 19.5 Å². The summed E-state index contributed by atoms with van der Waals surface area (Å²) < 4.78 is 12.6. The van der Waals surface area contributed by atoms with Crippen molar-refractivity contribution in [2.75, 3.05) is 30.9 Å². The van der Waals surface area contributed by atoms with E-state index in [0.29, 0.717) is 41.4 Å². The van der Waals surface area contributed by atoms with Crippen LogP contribution < -0.4 is 10.7 Å². The molecule has 3 aromatic rings. The zero-order valence-corrected chi connectivity index (χ0v) is 23.8. The Kier molecular flexibility index (Phi) is 8.41. The van der Waals surface area contributed by atoms with E-state index in [2.05, 4.69) is 15.7 Å². The van der Waals surface area contributed by atoms with Gasteiger partial charge in [-0.15, -0.1) is 0 Å². The van der Waals surface area contributed by atoms with E-state index in [1.54, 1.807) is 60.1 Å². The van der Waals surface area contributed by atoms with Crippen LogP contribution in [0.15, 0.2) is 42.6 Å². The molecule has 2 aromatic heterocycles. The van der Waals surface area contributed by atoms with Gasteiger partial charge in [-0.25, -0.2) is 24.2 Å². The minimum atomic E-state index is -0.645. The molecule has 1 saturated heterocycles. The number of likely N-dealkylation sites (tertiary alicyclic amines) is 1. The lowest BCUT2D eigenvalue weighted by Crippen LogP contribution is -2.37. The number of aryl methyl sites for hydroxylation is 1. The lowest BCUT2D eigenvalue weighted by atomic mass is 10.1. The van der Waals surface area contributed by atoms with E-state index >= 15 is 0 Å². The number of hydrogen-bond acceptors (Lipinski definition) is 8. The topological polar surface area (TPSA) is 128 Å². The van der Waals surface area contributed by atoms with Gasteiger partial charge in [0.1, 0.15) is 17.1 Å². The number of imidazole rings is 1. The minimum Gasteiger partial charge on any atom is -0.461 e. The van der Waals surface area contributed by atoms with Crippen LogP contribution >= 0.6 is 0 Å². The summed E-state index contributed by atoms with van der Waals surface area (Å²) in [6, 6.07) is 10.0. The summed E-state index contributed by atoms with van der Waals surface area (Å²) in [5.74, 6) is 0.0915. The fraction of sp³-hybridized carbons (Fsp3) is 0.414. The number of nitrogens with one attached hydrogen (secondary N) is 2. The first kappa shape index (κ1) is 28.6. The number of anilines is 1.